The number of ether oxygens (including phenoxy) is 3. The first-order chi connectivity index (χ1) is 18.9. The number of nitrogens with zero attached hydrogens (tertiary/aromatic N) is 5. The normalized spacial score (nSPS) is 20.0. The van der Waals surface area contributed by atoms with Crippen LogP contribution in [0.15, 0.2) is 30.7 Å². The molecule has 5 rings (SSSR count). The number of aromatic nitrogens is 4. The molecule has 14 heteroatoms. The van der Waals surface area contributed by atoms with E-state index in [-0.39, 0.29) is 12.1 Å². The molecule has 0 radical (unpaired) electrons. The first-order valence-electron chi connectivity index (χ1n) is 13.1. The van der Waals surface area contributed by atoms with Crippen LogP contribution < -0.4 is 30.1 Å². The molecule has 4 N–H and O–H groups in total. The largest absolute Gasteiger partial charge is 0.489 e. The zero-order valence-electron chi connectivity index (χ0n) is 21.9. The Kier molecular flexibility index (Phi) is 8.43. The molecule has 1 saturated carbocycles. The SMILES string of the molecule is CS(=O)(=O)Nc1cnc2cc(N3CCOCC3)nc(OC3CCC(Nc4ncc(OCCN)cn4)CC3)c2c1. The minimum absolute atomic E-state index is 0.0434. The Labute approximate surface area is 227 Å². The van der Waals surface area contributed by atoms with Crippen molar-refractivity contribution in [3.05, 3.63) is 30.7 Å². The number of nitrogens with two attached hydrogens (primary N) is 1. The van der Waals surface area contributed by atoms with E-state index < -0.39 is 10.0 Å². The number of anilines is 3. The third kappa shape index (κ3) is 7.34. The fraction of sp³-hybridized carbons (Fsp3) is 0.520. The molecule has 0 aromatic carbocycles. The van der Waals surface area contributed by atoms with Crippen molar-refractivity contribution < 1.29 is 22.6 Å². The van der Waals surface area contributed by atoms with Crippen molar-refractivity contribution in [2.75, 3.05) is 60.6 Å². The maximum atomic E-state index is 11.8. The van der Waals surface area contributed by atoms with Gasteiger partial charge < -0.3 is 30.2 Å². The molecule has 3 aromatic heterocycles. The first kappa shape index (κ1) is 27.1. The number of sulfonamides is 1. The van der Waals surface area contributed by atoms with Crippen LogP contribution in [-0.4, -0.2) is 86.2 Å². The Morgan fingerprint density at radius 1 is 1.08 bits per heavy atom. The van der Waals surface area contributed by atoms with E-state index in [0.29, 0.717) is 60.5 Å². The molecule has 2 aliphatic rings. The van der Waals surface area contributed by atoms with E-state index in [2.05, 4.69) is 29.9 Å². The molecule has 1 saturated heterocycles. The van der Waals surface area contributed by atoms with Crippen molar-refractivity contribution in [3.63, 3.8) is 0 Å². The molecule has 0 spiro atoms. The van der Waals surface area contributed by atoms with E-state index >= 15 is 0 Å². The molecule has 0 bridgehead atoms. The standard InChI is InChI=1S/C25H34N8O5S/c1-39(34,35)32-18-12-21-22(27-14-18)13-23(33-7-10-36-11-8-33)31-24(21)38-19-4-2-17(3-5-19)30-25-28-15-20(16-29-25)37-9-6-26/h12-17,19,32H,2-11,26H2,1H3,(H,28,29,30). The van der Waals surface area contributed by atoms with Crippen LogP contribution in [0.1, 0.15) is 25.7 Å². The highest BCUT2D eigenvalue weighted by Gasteiger charge is 2.25. The predicted octanol–water partition coefficient (Wildman–Crippen LogP) is 1.77. The highest BCUT2D eigenvalue weighted by atomic mass is 32.2. The van der Waals surface area contributed by atoms with Gasteiger partial charge in [-0.25, -0.2) is 18.4 Å². The number of rotatable bonds is 10. The summed E-state index contributed by atoms with van der Waals surface area (Å²) < 4.78 is 43.5. The maximum Gasteiger partial charge on any atom is 0.229 e. The van der Waals surface area contributed by atoms with Crippen molar-refractivity contribution >= 4 is 38.4 Å². The summed E-state index contributed by atoms with van der Waals surface area (Å²) in [7, 11) is -3.45. The Balaban J connectivity index is 1.28. The number of morpholine rings is 1. The number of nitrogens with one attached hydrogen (secondary N) is 2. The third-order valence-electron chi connectivity index (χ3n) is 6.57. The summed E-state index contributed by atoms with van der Waals surface area (Å²) in [4.78, 5) is 20.2. The molecule has 39 heavy (non-hydrogen) atoms. The highest BCUT2D eigenvalue weighted by Crippen LogP contribution is 2.33. The molecule has 4 heterocycles. The van der Waals surface area contributed by atoms with E-state index in [0.717, 1.165) is 50.8 Å². The summed E-state index contributed by atoms with van der Waals surface area (Å²) in [5, 5.41) is 4.05. The number of hydrogen-bond donors (Lipinski definition) is 3. The molecule has 0 unspecified atom stereocenters. The molecule has 210 valence electrons. The fourth-order valence-electron chi connectivity index (χ4n) is 4.70. The summed E-state index contributed by atoms with van der Waals surface area (Å²) in [6.07, 6.45) is 9.22. The molecule has 3 aromatic rings. The summed E-state index contributed by atoms with van der Waals surface area (Å²) >= 11 is 0. The van der Waals surface area contributed by atoms with E-state index in [1.54, 1.807) is 18.5 Å². The minimum Gasteiger partial charge on any atom is -0.489 e. The van der Waals surface area contributed by atoms with Crippen molar-refractivity contribution in [2.24, 2.45) is 5.73 Å². The Hall–Kier alpha value is -3.49. The molecular weight excluding hydrogens is 524 g/mol. The van der Waals surface area contributed by atoms with E-state index in [9.17, 15) is 8.42 Å². The molecule has 0 amide bonds. The van der Waals surface area contributed by atoms with Gasteiger partial charge in [0.05, 0.1) is 54.7 Å². The second-order valence-electron chi connectivity index (χ2n) is 9.67. The second-order valence-corrected chi connectivity index (χ2v) is 11.4. The van der Waals surface area contributed by atoms with Gasteiger partial charge in [-0.2, -0.15) is 4.98 Å². The molecule has 0 atom stereocenters. The first-order valence-corrected chi connectivity index (χ1v) is 14.9. The van der Waals surface area contributed by atoms with Gasteiger partial charge in [-0.1, -0.05) is 0 Å². The van der Waals surface area contributed by atoms with Crippen LogP contribution in [-0.2, 0) is 14.8 Å². The molecule has 1 aliphatic carbocycles. The van der Waals surface area contributed by atoms with Crippen LogP contribution in [0.2, 0.25) is 0 Å². The number of pyridine rings is 2. The molecule has 1 aliphatic heterocycles. The van der Waals surface area contributed by atoms with Gasteiger partial charge >= 0.3 is 0 Å². The van der Waals surface area contributed by atoms with Gasteiger partial charge in [-0.15, -0.1) is 0 Å². The van der Waals surface area contributed by atoms with Crippen molar-refractivity contribution in [1.29, 1.82) is 0 Å². The monoisotopic (exact) mass is 558 g/mol. The van der Waals surface area contributed by atoms with Gasteiger partial charge in [0, 0.05) is 31.7 Å². The third-order valence-corrected chi connectivity index (χ3v) is 7.18. The fourth-order valence-corrected chi connectivity index (χ4v) is 5.24. The topological polar surface area (TPSA) is 167 Å². The van der Waals surface area contributed by atoms with Crippen LogP contribution in [0, 0.1) is 0 Å². The molecule has 2 fully saturated rings. The van der Waals surface area contributed by atoms with E-state index in [1.165, 1.54) is 6.20 Å². The minimum atomic E-state index is -3.45. The van der Waals surface area contributed by atoms with Crippen molar-refractivity contribution in [3.8, 4) is 11.6 Å². The van der Waals surface area contributed by atoms with Gasteiger partial charge in [0.2, 0.25) is 21.9 Å². The van der Waals surface area contributed by atoms with Crippen molar-refractivity contribution in [2.45, 2.75) is 37.8 Å². The molecular formula is C25H34N8O5S. The summed E-state index contributed by atoms with van der Waals surface area (Å²) in [6.45, 7) is 3.57. The van der Waals surface area contributed by atoms with E-state index in [1.807, 2.05) is 6.07 Å². The Bertz CT molecular complexity index is 1360. The zero-order valence-corrected chi connectivity index (χ0v) is 22.7. The number of fused-ring (bicyclic) bond motifs is 1. The summed E-state index contributed by atoms with van der Waals surface area (Å²) in [5.74, 6) is 2.36. The van der Waals surface area contributed by atoms with Crippen LogP contribution in [0.5, 0.6) is 11.6 Å². The van der Waals surface area contributed by atoms with Crippen LogP contribution in [0.4, 0.5) is 17.5 Å². The van der Waals surface area contributed by atoms with Crippen LogP contribution in [0.3, 0.4) is 0 Å². The maximum absolute atomic E-state index is 11.8. The predicted molar refractivity (Wildman–Crippen MR) is 148 cm³/mol. The number of hydrogen-bond acceptors (Lipinski definition) is 12. The lowest BCUT2D eigenvalue weighted by Crippen LogP contribution is -2.37. The zero-order chi connectivity index (χ0) is 27.2. The second kappa shape index (κ2) is 12.1. The van der Waals surface area contributed by atoms with E-state index in [4.69, 9.17) is 24.9 Å². The summed E-state index contributed by atoms with van der Waals surface area (Å²) in [5.41, 5.74) is 6.51. The lowest BCUT2D eigenvalue weighted by atomic mass is 9.93. The lowest BCUT2D eigenvalue weighted by Gasteiger charge is -2.31. The highest BCUT2D eigenvalue weighted by molar-refractivity contribution is 7.92. The van der Waals surface area contributed by atoms with Gasteiger partial charge in [-0.3, -0.25) is 9.71 Å². The van der Waals surface area contributed by atoms with Crippen LogP contribution in [0.25, 0.3) is 10.9 Å². The van der Waals surface area contributed by atoms with Gasteiger partial charge in [-0.05, 0) is 31.7 Å². The van der Waals surface area contributed by atoms with Gasteiger partial charge in [0.1, 0.15) is 18.5 Å². The smallest absolute Gasteiger partial charge is 0.229 e. The van der Waals surface area contributed by atoms with Crippen molar-refractivity contribution in [1.82, 2.24) is 19.9 Å². The van der Waals surface area contributed by atoms with Gasteiger partial charge in [0.25, 0.3) is 0 Å². The van der Waals surface area contributed by atoms with Crippen LogP contribution >= 0.6 is 0 Å². The quantitative estimate of drug-likeness (QED) is 0.330. The molecule has 13 nitrogen and oxygen atoms in total. The average Bonchev–Trinajstić information content (AvgIpc) is 2.93. The lowest BCUT2D eigenvalue weighted by molar-refractivity contribution is 0.122. The van der Waals surface area contributed by atoms with Gasteiger partial charge in [0.15, 0.2) is 5.75 Å². The summed E-state index contributed by atoms with van der Waals surface area (Å²) in [6, 6.07) is 3.85. The average molecular weight is 559 g/mol. The Morgan fingerprint density at radius 3 is 2.51 bits per heavy atom. The Morgan fingerprint density at radius 2 is 1.82 bits per heavy atom.